The first-order chi connectivity index (χ1) is 15.2. The van der Waals surface area contributed by atoms with E-state index in [9.17, 15) is 14.7 Å². The van der Waals surface area contributed by atoms with Gasteiger partial charge >= 0.3 is 0 Å². The smallest absolute Gasteiger partial charge is 0.250 e. The molecule has 6 heteroatoms. The predicted octanol–water partition coefficient (Wildman–Crippen LogP) is 2.11. The largest absolute Gasteiger partial charge is 0.396 e. The molecular formula is C25H31N3O3. The minimum absolute atomic E-state index is 0.00134. The van der Waals surface area contributed by atoms with E-state index in [1.165, 1.54) is 5.56 Å². The first-order valence-corrected chi connectivity index (χ1v) is 11.6. The zero-order chi connectivity index (χ0) is 21.4. The van der Waals surface area contributed by atoms with Crippen LogP contribution >= 0.6 is 0 Å². The van der Waals surface area contributed by atoms with Crippen LogP contribution in [-0.4, -0.2) is 45.7 Å². The van der Waals surface area contributed by atoms with Gasteiger partial charge in [-0.3, -0.25) is 14.5 Å². The normalized spacial score (nSPS) is 27.9. The van der Waals surface area contributed by atoms with E-state index in [1.807, 2.05) is 34.9 Å². The van der Waals surface area contributed by atoms with Crippen molar-refractivity contribution in [3.05, 3.63) is 70.1 Å². The highest BCUT2D eigenvalue weighted by atomic mass is 16.3. The number of carbonyl (C=O) groups is 1. The molecule has 3 heterocycles. The van der Waals surface area contributed by atoms with Gasteiger partial charge in [-0.15, -0.1) is 0 Å². The molecule has 31 heavy (non-hydrogen) atoms. The second kappa shape index (κ2) is 8.60. The van der Waals surface area contributed by atoms with Crippen molar-refractivity contribution in [1.29, 1.82) is 0 Å². The van der Waals surface area contributed by atoms with Crippen LogP contribution < -0.4 is 10.9 Å². The molecule has 2 aromatic rings. The van der Waals surface area contributed by atoms with Crippen LogP contribution in [0.25, 0.3) is 0 Å². The van der Waals surface area contributed by atoms with Crippen LogP contribution in [0.4, 0.5) is 0 Å². The molecule has 2 aliphatic heterocycles. The number of hydrogen-bond acceptors (Lipinski definition) is 4. The summed E-state index contributed by atoms with van der Waals surface area (Å²) in [6.07, 6.45) is 5.23. The van der Waals surface area contributed by atoms with Crippen molar-refractivity contribution in [2.45, 2.75) is 56.8 Å². The molecule has 1 aliphatic carbocycles. The van der Waals surface area contributed by atoms with Gasteiger partial charge in [0, 0.05) is 49.3 Å². The Labute approximate surface area is 182 Å². The number of nitrogens with zero attached hydrogens (tertiary/aromatic N) is 2. The maximum atomic E-state index is 13.5. The lowest BCUT2D eigenvalue weighted by Crippen LogP contribution is -2.51. The minimum Gasteiger partial charge on any atom is -0.396 e. The van der Waals surface area contributed by atoms with Crippen LogP contribution in [0.15, 0.2) is 53.3 Å². The van der Waals surface area contributed by atoms with Crippen molar-refractivity contribution in [2.75, 3.05) is 13.2 Å². The quantitative estimate of drug-likeness (QED) is 0.749. The zero-order valence-corrected chi connectivity index (χ0v) is 17.8. The van der Waals surface area contributed by atoms with Gasteiger partial charge in [0.15, 0.2) is 0 Å². The highest BCUT2D eigenvalue weighted by molar-refractivity contribution is 5.83. The van der Waals surface area contributed by atoms with Gasteiger partial charge in [0.05, 0.1) is 12.1 Å². The Kier molecular flexibility index (Phi) is 5.67. The summed E-state index contributed by atoms with van der Waals surface area (Å²) in [5, 5.41) is 13.6. The number of nitrogens with one attached hydrogen (secondary N) is 1. The van der Waals surface area contributed by atoms with Gasteiger partial charge in [-0.25, -0.2) is 0 Å². The van der Waals surface area contributed by atoms with Crippen molar-refractivity contribution in [3.8, 4) is 0 Å². The van der Waals surface area contributed by atoms with Crippen molar-refractivity contribution in [1.82, 2.24) is 14.8 Å². The van der Waals surface area contributed by atoms with Gasteiger partial charge < -0.3 is 15.0 Å². The molecule has 4 atom stereocenters. The Morgan fingerprint density at radius 3 is 2.58 bits per heavy atom. The number of rotatable bonds is 6. The highest BCUT2D eigenvalue weighted by Crippen LogP contribution is 2.49. The molecule has 1 amide bonds. The maximum absolute atomic E-state index is 13.5. The summed E-state index contributed by atoms with van der Waals surface area (Å²) >= 11 is 0. The van der Waals surface area contributed by atoms with E-state index in [4.69, 9.17) is 0 Å². The van der Waals surface area contributed by atoms with Crippen LogP contribution in [0.5, 0.6) is 0 Å². The summed E-state index contributed by atoms with van der Waals surface area (Å²) in [5.74, 6) is -0.0742. The molecule has 0 radical (unpaired) electrons. The molecular weight excluding hydrogens is 390 g/mol. The summed E-state index contributed by atoms with van der Waals surface area (Å²) in [6, 6.07) is 15.6. The van der Waals surface area contributed by atoms with Gasteiger partial charge in [-0.2, -0.15) is 0 Å². The van der Waals surface area contributed by atoms with Crippen molar-refractivity contribution < 1.29 is 9.90 Å². The summed E-state index contributed by atoms with van der Waals surface area (Å²) < 4.78 is 1.83. The van der Waals surface area contributed by atoms with E-state index in [0.717, 1.165) is 37.8 Å². The lowest BCUT2D eigenvalue weighted by Gasteiger charge is -2.31. The fourth-order valence-electron chi connectivity index (χ4n) is 6.08. The Bertz CT molecular complexity index is 983. The van der Waals surface area contributed by atoms with Crippen LogP contribution in [0.2, 0.25) is 0 Å². The van der Waals surface area contributed by atoms with Gasteiger partial charge in [-0.05, 0) is 30.9 Å². The minimum atomic E-state index is -0.367. The number of carbonyl (C=O) groups excluding carboxylic acids is 1. The monoisotopic (exact) mass is 421 g/mol. The first-order valence-electron chi connectivity index (χ1n) is 11.6. The van der Waals surface area contributed by atoms with E-state index in [-0.39, 0.29) is 48.0 Å². The Morgan fingerprint density at radius 2 is 1.84 bits per heavy atom. The molecule has 6 nitrogen and oxygen atoms in total. The second-order valence-electron chi connectivity index (χ2n) is 9.26. The van der Waals surface area contributed by atoms with Gasteiger partial charge in [0.1, 0.15) is 0 Å². The lowest BCUT2D eigenvalue weighted by atomic mass is 9.88. The maximum Gasteiger partial charge on any atom is 0.250 e. The van der Waals surface area contributed by atoms with Crippen LogP contribution in [-0.2, 0) is 17.8 Å². The average Bonchev–Trinajstić information content (AvgIpc) is 3.49. The summed E-state index contributed by atoms with van der Waals surface area (Å²) in [7, 11) is 0. The molecule has 1 aromatic carbocycles. The third-order valence-corrected chi connectivity index (χ3v) is 7.54. The second-order valence-corrected chi connectivity index (χ2v) is 9.26. The number of likely N-dealkylation sites (tertiary alicyclic amines) is 1. The molecule has 2 N–H and O–H groups in total. The third-order valence-electron chi connectivity index (χ3n) is 7.54. The van der Waals surface area contributed by atoms with E-state index >= 15 is 0 Å². The third kappa shape index (κ3) is 3.72. The number of pyridine rings is 1. The van der Waals surface area contributed by atoms with Crippen LogP contribution in [0.1, 0.15) is 43.0 Å². The predicted molar refractivity (Wildman–Crippen MR) is 119 cm³/mol. The number of aliphatic hydroxyl groups is 1. The highest BCUT2D eigenvalue weighted by Gasteiger charge is 2.55. The molecule has 2 fully saturated rings. The molecule has 0 spiro atoms. The molecule has 1 saturated heterocycles. The van der Waals surface area contributed by atoms with E-state index in [2.05, 4.69) is 22.3 Å². The Balaban J connectivity index is 1.47. The number of aromatic nitrogens is 1. The number of benzene rings is 1. The van der Waals surface area contributed by atoms with Crippen molar-refractivity contribution >= 4 is 5.91 Å². The number of fused-ring (bicyclic) bond motifs is 3. The molecule has 1 saturated carbocycles. The molecule has 1 aromatic heterocycles. The Hall–Kier alpha value is -2.44. The average molecular weight is 422 g/mol. The van der Waals surface area contributed by atoms with Crippen LogP contribution in [0, 0.1) is 11.8 Å². The SMILES string of the molecule is O=C(NC1CCCC1)[C@@H]1[C@@H](CO)[C@@H]2Cn3c(cccc3=O)[C@@H]2N1CCc1ccccc1. The molecule has 5 rings (SSSR count). The van der Waals surface area contributed by atoms with Crippen molar-refractivity contribution in [3.63, 3.8) is 0 Å². The fourth-order valence-corrected chi connectivity index (χ4v) is 6.08. The molecule has 0 unspecified atom stereocenters. The zero-order valence-electron chi connectivity index (χ0n) is 17.8. The van der Waals surface area contributed by atoms with Gasteiger partial charge in [0.2, 0.25) is 5.91 Å². The topological polar surface area (TPSA) is 74.6 Å². The first kappa shape index (κ1) is 20.5. The number of hydrogen-bond donors (Lipinski definition) is 2. The lowest BCUT2D eigenvalue weighted by molar-refractivity contribution is -0.128. The fraction of sp³-hybridized carbons (Fsp3) is 0.520. The summed E-state index contributed by atoms with van der Waals surface area (Å²) in [6.45, 7) is 1.24. The number of aliphatic hydroxyl groups excluding tert-OH is 1. The molecule has 164 valence electrons. The Morgan fingerprint density at radius 1 is 1.06 bits per heavy atom. The van der Waals surface area contributed by atoms with E-state index < -0.39 is 0 Å². The van der Waals surface area contributed by atoms with E-state index in [0.29, 0.717) is 13.1 Å². The van der Waals surface area contributed by atoms with Gasteiger partial charge in [-0.1, -0.05) is 49.2 Å². The summed E-state index contributed by atoms with van der Waals surface area (Å²) in [4.78, 5) is 28.2. The van der Waals surface area contributed by atoms with Crippen LogP contribution in [0.3, 0.4) is 0 Å². The van der Waals surface area contributed by atoms with Gasteiger partial charge in [0.25, 0.3) is 5.56 Å². The summed E-state index contributed by atoms with van der Waals surface area (Å²) in [5.41, 5.74) is 2.20. The number of amides is 1. The van der Waals surface area contributed by atoms with E-state index in [1.54, 1.807) is 6.07 Å². The van der Waals surface area contributed by atoms with Crippen molar-refractivity contribution in [2.24, 2.45) is 11.8 Å². The standard InChI is InChI=1S/C25H31N3O3/c29-16-20-19-15-28-21(11-6-12-22(28)30)23(19)27(14-13-17-7-2-1-3-8-17)24(20)25(31)26-18-9-4-5-10-18/h1-3,6-8,11-12,18-20,23-24,29H,4-5,9-10,13-16H2,(H,26,31)/t19-,20-,23+,24-/m0/s1. The molecule has 3 aliphatic rings. The molecule has 0 bridgehead atoms.